The summed E-state index contributed by atoms with van der Waals surface area (Å²) in [5.74, 6) is 2.47. The van der Waals surface area contributed by atoms with Gasteiger partial charge in [-0.3, -0.25) is 0 Å². The first-order valence-electron chi connectivity index (χ1n) is 6.45. The molecule has 1 heterocycles. The van der Waals surface area contributed by atoms with Crippen molar-refractivity contribution in [2.75, 3.05) is 17.7 Å². The first-order chi connectivity index (χ1) is 8.65. The van der Waals surface area contributed by atoms with Crippen molar-refractivity contribution >= 4 is 17.5 Å². The molecule has 1 unspecified atom stereocenters. The monoisotopic (exact) mass is 271 g/mol. The van der Waals surface area contributed by atoms with Crippen molar-refractivity contribution in [2.24, 2.45) is 5.92 Å². The number of aromatic nitrogens is 2. The molecule has 1 atom stereocenters. The fourth-order valence-corrected chi connectivity index (χ4v) is 1.88. The van der Waals surface area contributed by atoms with E-state index in [2.05, 4.69) is 22.2 Å². The zero-order chi connectivity index (χ0) is 13.4. The number of rotatable bonds is 8. The van der Waals surface area contributed by atoms with Gasteiger partial charge in [-0.1, -0.05) is 13.3 Å². The van der Waals surface area contributed by atoms with E-state index in [1.165, 1.54) is 0 Å². The second-order valence-corrected chi connectivity index (χ2v) is 4.90. The average molecular weight is 272 g/mol. The Hall–Kier alpha value is -1.03. The van der Waals surface area contributed by atoms with Crippen LogP contribution in [0.15, 0.2) is 12.3 Å². The lowest BCUT2D eigenvalue weighted by Gasteiger charge is -2.14. The van der Waals surface area contributed by atoms with Gasteiger partial charge in [-0.05, 0) is 26.2 Å². The summed E-state index contributed by atoms with van der Waals surface area (Å²) >= 11 is 5.76. The van der Waals surface area contributed by atoms with Crippen molar-refractivity contribution in [1.29, 1.82) is 0 Å². The molecule has 0 aliphatic carbocycles. The molecule has 0 spiro atoms. The molecule has 0 saturated carbocycles. The Morgan fingerprint density at radius 3 is 2.83 bits per heavy atom. The molecule has 0 fully saturated rings. The Morgan fingerprint density at radius 2 is 2.22 bits per heavy atom. The summed E-state index contributed by atoms with van der Waals surface area (Å²) in [6.45, 7) is 6.96. The molecule has 0 aliphatic heterocycles. The number of anilines is 1. The van der Waals surface area contributed by atoms with Gasteiger partial charge >= 0.3 is 0 Å². The summed E-state index contributed by atoms with van der Waals surface area (Å²) in [7, 11) is 0. The highest BCUT2D eigenvalue weighted by molar-refractivity contribution is 6.17. The minimum absolute atomic E-state index is 0.118. The fraction of sp³-hybridized carbons (Fsp3) is 0.692. The predicted octanol–water partition coefficient (Wildman–Crippen LogP) is 3.33. The molecule has 0 aromatic carbocycles. The molecule has 4 nitrogen and oxygen atoms in total. The Labute approximate surface area is 114 Å². The molecule has 1 rings (SSSR count). The van der Waals surface area contributed by atoms with E-state index in [4.69, 9.17) is 16.3 Å². The van der Waals surface area contributed by atoms with Crippen molar-refractivity contribution < 1.29 is 4.74 Å². The summed E-state index contributed by atoms with van der Waals surface area (Å²) in [4.78, 5) is 8.48. The van der Waals surface area contributed by atoms with E-state index in [-0.39, 0.29) is 6.10 Å². The third-order valence-electron chi connectivity index (χ3n) is 2.63. The van der Waals surface area contributed by atoms with Gasteiger partial charge in [0.2, 0.25) is 11.8 Å². The summed E-state index contributed by atoms with van der Waals surface area (Å²) in [5, 5.41) is 3.23. The maximum atomic E-state index is 5.76. The van der Waals surface area contributed by atoms with Gasteiger partial charge in [0.1, 0.15) is 0 Å². The van der Waals surface area contributed by atoms with Crippen LogP contribution in [0.1, 0.15) is 33.6 Å². The van der Waals surface area contributed by atoms with Crippen LogP contribution < -0.4 is 10.1 Å². The van der Waals surface area contributed by atoms with E-state index < -0.39 is 0 Å². The number of ether oxygens (including phenoxy) is 1. The SMILES string of the molecule is CCC(CCCl)CNc1nccc(OC(C)C)n1. The number of hydrogen-bond acceptors (Lipinski definition) is 4. The Morgan fingerprint density at radius 1 is 1.44 bits per heavy atom. The van der Waals surface area contributed by atoms with Crippen LogP contribution in [0.4, 0.5) is 5.95 Å². The molecule has 1 N–H and O–H groups in total. The number of nitrogens with zero attached hydrogens (tertiary/aromatic N) is 2. The molecule has 0 bridgehead atoms. The third-order valence-corrected chi connectivity index (χ3v) is 2.85. The molecule has 1 aromatic rings. The van der Waals surface area contributed by atoms with E-state index in [0.717, 1.165) is 19.4 Å². The summed E-state index contributed by atoms with van der Waals surface area (Å²) in [6, 6.07) is 1.77. The molecule has 102 valence electrons. The second-order valence-electron chi connectivity index (χ2n) is 4.52. The standard InChI is InChI=1S/C13H22ClN3O/c1-4-11(5-7-14)9-16-13-15-8-6-12(17-13)18-10(2)3/h6,8,10-11H,4-5,7,9H2,1-3H3,(H,15,16,17). The van der Waals surface area contributed by atoms with Crippen molar-refractivity contribution in [2.45, 2.75) is 39.7 Å². The van der Waals surface area contributed by atoms with Crippen LogP contribution in [-0.4, -0.2) is 28.5 Å². The van der Waals surface area contributed by atoms with Gasteiger partial charge in [0, 0.05) is 24.7 Å². The van der Waals surface area contributed by atoms with E-state index in [9.17, 15) is 0 Å². The normalized spacial score (nSPS) is 12.5. The lowest BCUT2D eigenvalue weighted by atomic mass is 10.0. The molecule has 0 amide bonds. The van der Waals surface area contributed by atoms with Gasteiger partial charge in [-0.15, -0.1) is 11.6 Å². The Bertz CT molecular complexity index is 347. The van der Waals surface area contributed by atoms with E-state index >= 15 is 0 Å². The van der Waals surface area contributed by atoms with E-state index in [1.54, 1.807) is 12.3 Å². The minimum atomic E-state index is 0.118. The second kappa shape index (κ2) is 8.14. The highest BCUT2D eigenvalue weighted by Crippen LogP contribution is 2.13. The minimum Gasteiger partial charge on any atom is -0.475 e. The number of hydrogen-bond donors (Lipinski definition) is 1. The Kier molecular flexibility index (Phi) is 6.80. The zero-order valence-electron chi connectivity index (χ0n) is 11.3. The van der Waals surface area contributed by atoms with Crippen LogP contribution in [0, 0.1) is 5.92 Å². The fourth-order valence-electron chi connectivity index (χ4n) is 1.57. The van der Waals surface area contributed by atoms with Crippen LogP contribution >= 0.6 is 11.6 Å². The molecule has 0 aliphatic rings. The zero-order valence-corrected chi connectivity index (χ0v) is 12.1. The average Bonchev–Trinajstić information content (AvgIpc) is 2.34. The lowest BCUT2D eigenvalue weighted by Crippen LogP contribution is -2.16. The van der Waals surface area contributed by atoms with Gasteiger partial charge < -0.3 is 10.1 Å². The van der Waals surface area contributed by atoms with Crippen molar-refractivity contribution in [3.63, 3.8) is 0 Å². The molecular formula is C13H22ClN3O. The number of alkyl halides is 1. The van der Waals surface area contributed by atoms with Crippen molar-refractivity contribution in [1.82, 2.24) is 9.97 Å². The summed E-state index contributed by atoms with van der Waals surface area (Å²) in [5.41, 5.74) is 0. The summed E-state index contributed by atoms with van der Waals surface area (Å²) in [6.07, 6.45) is 3.93. The summed E-state index contributed by atoms with van der Waals surface area (Å²) < 4.78 is 5.52. The van der Waals surface area contributed by atoms with E-state index in [1.807, 2.05) is 13.8 Å². The molecular weight excluding hydrogens is 250 g/mol. The van der Waals surface area contributed by atoms with Crippen LogP contribution in [0.5, 0.6) is 5.88 Å². The topological polar surface area (TPSA) is 47.0 Å². The van der Waals surface area contributed by atoms with Gasteiger partial charge in [-0.25, -0.2) is 4.98 Å². The quantitative estimate of drug-likeness (QED) is 0.737. The van der Waals surface area contributed by atoms with Crippen LogP contribution in [0.2, 0.25) is 0 Å². The molecule has 5 heteroatoms. The first kappa shape index (κ1) is 15.0. The molecule has 18 heavy (non-hydrogen) atoms. The smallest absolute Gasteiger partial charge is 0.225 e. The van der Waals surface area contributed by atoms with Gasteiger partial charge in [0.05, 0.1) is 6.10 Å². The van der Waals surface area contributed by atoms with Crippen molar-refractivity contribution in [3.8, 4) is 5.88 Å². The molecule has 1 aromatic heterocycles. The highest BCUT2D eigenvalue weighted by atomic mass is 35.5. The number of halogens is 1. The maximum Gasteiger partial charge on any atom is 0.225 e. The van der Waals surface area contributed by atoms with Gasteiger partial charge in [0.25, 0.3) is 0 Å². The third kappa shape index (κ3) is 5.54. The van der Waals surface area contributed by atoms with E-state index in [0.29, 0.717) is 23.6 Å². The maximum absolute atomic E-state index is 5.76. The Balaban J connectivity index is 2.51. The van der Waals surface area contributed by atoms with Crippen molar-refractivity contribution in [3.05, 3.63) is 12.3 Å². The molecule has 0 radical (unpaired) electrons. The number of nitrogens with one attached hydrogen (secondary N) is 1. The van der Waals surface area contributed by atoms with Crippen LogP contribution in [0.3, 0.4) is 0 Å². The lowest BCUT2D eigenvalue weighted by molar-refractivity contribution is 0.232. The van der Waals surface area contributed by atoms with Gasteiger partial charge in [-0.2, -0.15) is 4.98 Å². The molecule has 0 saturated heterocycles. The van der Waals surface area contributed by atoms with Crippen LogP contribution in [0.25, 0.3) is 0 Å². The first-order valence-corrected chi connectivity index (χ1v) is 6.98. The largest absolute Gasteiger partial charge is 0.475 e. The van der Waals surface area contributed by atoms with Gasteiger partial charge in [0.15, 0.2) is 0 Å². The highest BCUT2D eigenvalue weighted by Gasteiger charge is 2.07. The predicted molar refractivity (Wildman–Crippen MR) is 75.4 cm³/mol. The van der Waals surface area contributed by atoms with Crippen LogP contribution in [-0.2, 0) is 0 Å².